The smallest absolute Gasteiger partial charge is 0.318 e. The van der Waals surface area contributed by atoms with Gasteiger partial charge in [0.25, 0.3) is 5.91 Å². The number of para-hydroxylation sites is 2. The Hall–Kier alpha value is -3.82. The topological polar surface area (TPSA) is 111 Å². The molecule has 3 aliphatic heterocycles. The van der Waals surface area contributed by atoms with Gasteiger partial charge < -0.3 is 20.1 Å². The van der Waals surface area contributed by atoms with E-state index >= 15 is 4.79 Å². The molecule has 9 atom stereocenters. The molecule has 3 heterocycles. The summed E-state index contributed by atoms with van der Waals surface area (Å²) in [5, 5.41) is 34.2. The lowest BCUT2D eigenvalue weighted by Gasteiger charge is -2.60. The molecule has 8 heteroatoms. The highest BCUT2D eigenvalue weighted by Gasteiger charge is 2.80. The Kier molecular flexibility index (Phi) is 7.92. The van der Waals surface area contributed by atoms with Crippen molar-refractivity contribution in [3.8, 4) is 0 Å². The second-order valence-electron chi connectivity index (χ2n) is 16.0. The lowest BCUT2D eigenvalue weighted by molar-refractivity contribution is -0.166. The predicted octanol–water partition coefficient (Wildman–Crippen LogP) is 5.73. The van der Waals surface area contributed by atoms with E-state index in [0.29, 0.717) is 42.9 Å². The van der Waals surface area contributed by atoms with Crippen LogP contribution in [0.1, 0.15) is 57.1 Å². The molecule has 3 aromatic carbocycles. The Bertz CT molecular complexity index is 1820. The summed E-state index contributed by atoms with van der Waals surface area (Å²) in [5.74, 6) is -1.29. The molecule has 8 nitrogen and oxygen atoms in total. The zero-order chi connectivity index (χ0) is 35.1. The van der Waals surface area contributed by atoms with Crippen molar-refractivity contribution in [2.45, 2.75) is 70.2 Å². The number of carbonyl (C=O) groups excluding carboxylic acids is 2. The largest absolute Gasteiger partial charge is 0.462 e. The summed E-state index contributed by atoms with van der Waals surface area (Å²) < 4.78 is 5.86. The van der Waals surface area contributed by atoms with Crippen LogP contribution in [0.15, 0.2) is 97.1 Å². The van der Waals surface area contributed by atoms with Gasteiger partial charge in [0.2, 0.25) is 0 Å². The third-order valence-electron chi connectivity index (χ3n) is 13.9. The van der Waals surface area contributed by atoms with Crippen LogP contribution in [0.3, 0.4) is 0 Å². The van der Waals surface area contributed by atoms with E-state index in [4.69, 9.17) is 4.74 Å². The number of rotatable bonds is 6. The maximum Gasteiger partial charge on any atom is 0.318 e. The van der Waals surface area contributed by atoms with Gasteiger partial charge in [0.1, 0.15) is 23.7 Å². The molecule has 1 unspecified atom stereocenters. The van der Waals surface area contributed by atoms with Gasteiger partial charge in [-0.1, -0.05) is 92.7 Å². The summed E-state index contributed by atoms with van der Waals surface area (Å²) in [7, 11) is 0. The number of aliphatic hydroxyl groups excluding tert-OH is 3. The minimum Gasteiger partial charge on any atom is -0.462 e. The number of aliphatic hydroxyl groups is 3. The Labute approximate surface area is 294 Å². The molecular weight excluding hydrogens is 628 g/mol. The number of likely N-dealkylation sites (tertiary alicyclic amines) is 1. The van der Waals surface area contributed by atoms with Gasteiger partial charge in [-0.3, -0.25) is 19.4 Å². The second kappa shape index (κ2) is 11.9. The van der Waals surface area contributed by atoms with Gasteiger partial charge in [-0.15, -0.1) is 0 Å². The van der Waals surface area contributed by atoms with Crippen LogP contribution in [0.5, 0.6) is 0 Å². The van der Waals surface area contributed by atoms with Crippen LogP contribution in [-0.2, 0) is 26.4 Å². The van der Waals surface area contributed by atoms with Crippen molar-refractivity contribution >= 4 is 23.3 Å². The summed E-state index contributed by atoms with van der Waals surface area (Å²) in [5.41, 5.74) is 0.0601. The number of esters is 1. The summed E-state index contributed by atoms with van der Waals surface area (Å²) in [4.78, 5) is 34.3. The Morgan fingerprint density at radius 3 is 2.26 bits per heavy atom. The number of benzene rings is 3. The third-order valence-corrected chi connectivity index (χ3v) is 13.9. The van der Waals surface area contributed by atoms with Crippen molar-refractivity contribution < 1.29 is 29.6 Å². The first-order valence-electron chi connectivity index (χ1n) is 18.1. The maximum absolute atomic E-state index is 15.7. The number of hydrogen-bond donors (Lipinski definition) is 3. The molecule has 2 saturated heterocycles. The van der Waals surface area contributed by atoms with Gasteiger partial charge in [-0.05, 0) is 79.0 Å². The van der Waals surface area contributed by atoms with Crippen LogP contribution in [0.2, 0.25) is 0 Å². The van der Waals surface area contributed by atoms with E-state index in [1.807, 2.05) is 91.9 Å². The van der Waals surface area contributed by atoms with Gasteiger partial charge in [0.05, 0.1) is 18.4 Å². The quantitative estimate of drug-likeness (QED) is 0.226. The number of allylic oxidation sites excluding steroid dienone is 1. The van der Waals surface area contributed by atoms with E-state index in [9.17, 15) is 20.1 Å². The van der Waals surface area contributed by atoms with E-state index in [1.165, 1.54) is 0 Å². The molecule has 262 valence electrons. The molecule has 0 radical (unpaired) electrons. The molecule has 50 heavy (non-hydrogen) atoms. The van der Waals surface area contributed by atoms with Crippen LogP contribution in [0, 0.1) is 34.0 Å². The first kappa shape index (κ1) is 33.3. The van der Waals surface area contributed by atoms with Crippen LogP contribution in [-0.4, -0.2) is 64.1 Å². The molecule has 8 rings (SSSR count). The van der Waals surface area contributed by atoms with Gasteiger partial charge in [0, 0.05) is 29.8 Å². The first-order valence-corrected chi connectivity index (χ1v) is 18.1. The third kappa shape index (κ3) is 4.25. The standard InChI is InChI=1S/C42H48N2O6/c1-27-18-19-34-39(2,21-20-35(46)40(34,3)26-45)32(27)22-29-24-43(23-28-12-6-4-7-13-28)42(41(29)36(47)25-50-38(41)49)31-16-10-11-17-33(31)44(37(42)48)30-14-8-5-9-15-30/h4-17,29,32,34-36,45-47H,1,18-26H2,2-3H3/t29?,32-,34+,35-,36-,39+,40+,41-,42+/m1/s1. The van der Waals surface area contributed by atoms with Gasteiger partial charge in [0.15, 0.2) is 0 Å². The monoisotopic (exact) mass is 676 g/mol. The Balaban J connectivity index is 1.33. The minimum absolute atomic E-state index is 0.0360. The van der Waals surface area contributed by atoms with E-state index in [0.717, 1.165) is 30.4 Å². The highest BCUT2D eigenvalue weighted by molar-refractivity contribution is 6.16. The second-order valence-corrected chi connectivity index (χ2v) is 16.0. The zero-order valence-corrected chi connectivity index (χ0v) is 29.0. The summed E-state index contributed by atoms with van der Waals surface area (Å²) in [6.07, 6.45) is 1.57. The number of ether oxygens (including phenoxy) is 1. The van der Waals surface area contributed by atoms with Crippen molar-refractivity contribution in [2.24, 2.45) is 34.0 Å². The minimum atomic E-state index is -1.60. The Morgan fingerprint density at radius 2 is 1.58 bits per heavy atom. The molecule has 0 bridgehead atoms. The molecule has 2 spiro atoms. The first-order chi connectivity index (χ1) is 24.0. The summed E-state index contributed by atoms with van der Waals surface area (Å²) >= 11 is 0. The molecule has 0 aromatic heterocycles. The average molecular weight is 677 g/mol. The number of anilines is 2. The lowest BCUT2D eigenvalue weighted by atomic mass is 9.45. The number of fused-ring (bicyclic) bond motifs is 4. The average Bonchev–Trinajstić information content (AvgIpc) is 3.69. The van der Waals surface area contributed by atoms with Crippen molar-refractivity contribution in [2.75, 3.05) is 24.7 Å². The molecule has 5 aliphatic rings. The molecule has 3 aromatic rings. The van der Waals surface area contributed by atoms with Crippen LogP contribution in [0.25, 0.3) is 0 Å². The SMILES string of the molecule is C=C1CC[C@@H]2[C@](C)(CO)[C@H](O)CC[C@@]2(C)[C@@H]1CC1CN(Cc2ccccc2)[C@@]2(C(=O)N(c3ccccc3)c3ccccc32)[C@]12C(=O)OC[C@H]2O. The van der Waals surface area contributed by atoms with Crippen molar-refractivity contribution in [1.82, 2.24) is 4.90 Å². The maximum atomic E-state index is 15.7. The van der Waals surface area contributed by atoms with Gasteiger partial charge in [-0.2, -0.15) is 0 Å². The van der Waals surface area contributed by atoms with Crippen molar-refractivity contribution in [3.05, 3.63) is 108 Å². The molecule has 2 saturated carbocycles. The lowest BCUT2D eigenvalue weighted by Crippen LogP contribution is -2.63. The molecular formula is C42H48N2O6. The van der Waals surface area contributed by atoms with E-state index in [1.54, 1.807) is 4.90 Å². The number of cyclic esters (lactones) is 1. The molecule has 4 fully saturated rings. The number of nitrogens with zero attached hydrogens (tertiary/aromatic N) is 2. The number of carbonyl (C=O) groups is 2. The fourth-order valence-corrected chi connectivity index (χ4v) is 11.5. The van der Waals surface area contributed by atoms with Crippen molar-refractivity contribution in [3.63, 3.8) is 0 Å². The van der Waals surface area contributed by atoms with Gasteiger partial charge >= 0.3 is 5.97 Å². The van der Waals surface area contributed by atoms with E-state index in [2.05, 4.69) is 18.4 Å². The van der Waals surface area contributed by atoms with Crippen LogP contribution in [0.4, 0.5) is 11.4 Å². The predicted molar refractivity (Wildman–Crippen MR) is 190 cm³/mol. The normalized spacial score (nSPS) is 38.1. The van der Waals surface area contributed by atoms with Crippen molar-refractivity contribution in [1.29, 1.82) is 0 Å². The van der Waals surface area contributed by atoms with Gasteiger partial charge in [-0.25, -0.2) is 0 Å². The van der Waals surface area contributed by atoms with Crippen LogP contribution >= 0.6 is 0 Å². The molecule has 2 aliphatic carbocycles. The van der Waals surface area contributed by atoms with E-state index in [-0.39, 0.29) is 36.4 Å². The highest BCUT2D eigenvalue weighted by Crippen LogP contribution is 2.69. The fourth-order valence-electron chi connectivity index (χ4n) is 11.5. The fraction of sp³-hybridized carbons (Fsp3) is 0.476. The zero-order valence-electron chi connectivity index (χ0n) is 29.0. The summed E-state index contributed by atoms with van der Waals surface area (Å²) in [6, 6.07) is 27.2. The highest BCUT2D eigenvalue weighted by atomic mass is 16.6. The van der Waals surface area contributed by atoms with Crippen LogP contribution < -0.4 is 4.90 Å². The Morgan fingerprint density at radius 1 is 0.900 bits per heavy atom. The summed E-state index contributed by atoms with van der Waals surface area (Å²) in [6.45, 7) is 9.35. The van der Waals surface area contributed by atoms with E-state index < -0.39 is 40.5 Å². The molecule has 1 amide bonds. The number of hydrogen-bond acceptors (Lipinski definition) is 7. The molecule has 3 N–H and O–H groups in total. The number of amides is 1.